The highest BCUT2D eigenvalue weighted by Crippen LogP contribution is 2.39. The van der Waals surface area contributed by atoms with Crippen LogP contribution in [0.2, 0.25) is 0 Å². The Bertz CT molecular complexity index is 786. The molecular formula is C17H18N2O2. The van der Waals surface area contributed by atoms with E-state index in [1.54, 1.807) is 20.4 Å². The topological polar surface area (TPSA) is 36.3 Å². The summed E-state index contributed by atoms with van der Waals surface area (Å²) in [7, 11) is 3.30. The summed E-state index contributed by atoms with van der Waals surface area (Å²) in [6, 6.07) is 10.1. The average molecular weight is 282 g/mol. The number of hydrogen-bond acceptors (Lipinski definition) is 3. The van der Waals surface area contributed by atoms with Crippen molar-refractivity contribution in [1.82, 2.24) is 9.55 Å². The molecule has 0 radical (unpaired) electrons. The van der Waals surface area contributed by atoms with Crippen LogP contribution in [0.4, 0.5) is 0 Å². The van der Waals surface area contributed by atoms with Gasteiger partial charge in [0.2, 0.25) is 0 Å². The highest BCUT2D eigenvalue weighted by molar-refractivity contribution is 5.94. The molecule has 3 aromatic rings. The van der Waals surface area contributed by atoms with Gasteiger partial charge in [0.25, 0.3) is 0 Å². The molecule has 108 valence electrons. The van der Waals surface area contributed by atoms with Crippen LogP contribution in [-0.2, 0) is 0 Å². The lowest BCUT2D eigenvalue weighted by atomic mass is 10.1. The second-order valence-corrected chi connectivity index (χ2v) is 4.98. The van der Waals surface area contributed by atoms with Gasteiger partial charge in [-0.25, -0.2) is 0 Å². The number of nitrogens with zero attached hydrogens (tertiary/aromatic N) is 2. The molecule has 3 rings (SSSR count). The van der Waals surface area contributed by atoms with Crippen LogP contribution >= 0.6 is 0 Å². The zero-order chi connectivity index (χ0) is 15.0. The van der Waals surface area contributed by atoms with Gasteiger partial charge in [-0.1, -0.05) is 0 Å². The van der Waals surface area contributed by atoms with Crippen molar-refractivity contribution < 1.29 is 9.47 Å². The third kappa shape index (κ3) is 2.03. The minimum atomic E-state index is 0.709. The van der Waals surface area contributed by atoms with E-state index >= 15 is 0 Å². The van der Waals surface area contributed by atoms with E-state index < -0.39 is 0 Å². The lowest BCUT2D eigenvalue weighted by Gasteiger charge is -2.17. The molecule has 0 amide bonds. The first-order valence-corrected chi connectivity index (χ1v) is 6.82. The molecule has 0 aliphatic carbocycles. The second kappa shape index (κ2) is 5.13. The standard InChI is InChI=1S/C17H18N2O2/c1-11-7-8-12(2)19(11)14-10-15(20-3)17(21-4)13-6-5-9-18-16(13)14/h5-10H,1-4H3. The average Bonchev–Trinajstić information content (AvgIpc) is 2.84. The number of rotatable bonds is 3. The fraction of sp³-hybridized carbons (Fsp3) is 0.235. The van der Waals surface area contributed by atoms with E-state index in [0.717, 1.165) is 28.0 Å². The van der Waals surface area contributed by atoms with Gasteiger partial charge in [-0.15, -0.1) is 0 Å². The molecule has 0 bridgehead atoms. The van der Waals surface area contributed by atoms with E-state index in [-0.39, 0.29) is 0 Å². The molecule has 4 heteroatoms. The Morgan fingerprint density at radius 1 is 1.00 bits per heavy atom. The first-order chi connectivity index (χ1) is 10.2. The number of hydrogen-bond donors (Lipinski definition) is 0. The van der Waals surface area contributed by atoms with Crippen LogP contribution < -0.4 is 9.47 Å². The molecule has 0 N–H and O–H groups in total. The largest absolute Gasteiger partial charge is 0.493 e. The van der Waals surface area contributed by atoms with Gasteiger partial charge in [-0.2, -0.15) is 0 Å². The molecular weight excluding hydrogens is 264 g/mol. The molecule has 4 nitrogen and oxygen atoms in total. The lowest BCUT2D eigenvalue weighted by Crippen LogP contribution is -2.03. The summed E-state index contributed by atoms with van der Waals surface area (Å²) >= 11 is 0. The maximum absolute atomic E-state index is 5.51. The smallest absolute Gasteiger partial charge is 0.170 e. The van der Waals surface area contributed by atoms with Crippen LogP contribution in [-0.4, -0.2) is 23.8 Å². The van der Waals surface area contributed by atoms with Crippen molar-refractivity contribution in [3.63, 3.8) is 0 Å². The Labute approximate surface area is 123 Å². The highest BCUT2D eigenvalue weighted by Gasteiger charge is 2.16. The maximum Gasteiger partial charge on any atom is 0.170 e. The minimum absolute atomic E-state index is 0.709. The molecule has 2 aromatic heterocycles. The van der Waals surface area contributed by atoms with Gasteiger partial charge < -0.3 is 14.0 Å². The zero-order valence-corrected chi connectivity index (χ0v) is 12.7. The van der Waals surface area contributed by atoms with Crippen molar-refractivity contribution in [2.24, 2.45) is 0 Å². The fourth-order valence-electron chi connectivity index (χ4n) is 2.76. The number of aryl methyl sites for hydroxylation is 2. The molecule has 0 atom stereocenters. The summed E-state index contributed by atoms with van der Waals surface area (Å²) < 4.78 is 13.2. The fourth-order valence-corrected chi connectivity index (χ4v) is 2.76. The Hall–Kier alpha value is -2.49. The number of pyridine rings is 1. The van der Waals surface area contributed by atoms with Gasteiger partial charge in [0, 0.05) is 29.0 Å². The summed E-state index contributed by atoms with van der Waals surface area (Å²) in [5.74, 6) is 1.42. The van der Waals surface area contributed by atoms with Crippen LogP contribution in [0.5, 0.6) is 11.5 Å². The molecule has 0 aliphatic rings. The van der Waals surface area contributed by atoms with Crippen molar-refractivity contribution in [1.29, 1.82) is 0 Å². The lowest BCUT2D eigenvalue weighted by molar-refractivity contribution is 0.358. The molecule has 0 saturated heterocycles. The number of methoxy groups -OCH3 is 2. The van der Waals surface area contributed by atoms with E-state index in [9.17, 15) is 0 Å². The summed E-state index contributed by atoms with van der Waals surface area (Å²) in [6.45, 7) is 4.16. The van der Waals surface area contributed by atoms with E-state index in [0.29, 0.717) is 11.5 Å². The van der Waals surface area contributed by atoms with E-state index in [2.05, 4.69) is 35.5 Å². The monoisotopic (exact) mass is 282 g/mol. The molecule has 0 spiro atoms. The van der Waals surface area contributed by atoms with E-state index in [4.69, 9.17) is 9.47 Å². The second-order valence-electron chi connectivity index (χ2n) is 4.98. The number of benzene rings is 1. The van der Waals surface area contributed by atoms with E-state index in [1.807, 2.05) is 18.2 Å². The van der Waals surface area contributed by atoms with E-state index in [1.165, 1.54) is 0 Å². The summed E-state index contributed by atoms with van der Waals surface area (Å²) in [4.78, 5) is 4.55. The molecule has 1 aromatic carbocycles. The number of aromatic nitrogens is 2. The molecule has 0 saturated carbocycles. The Kier molecular flexibility index (Phi) is 3.29. The quantitative estimate of drug-likeness (QED) is 0.735. The van der Waals surface area contributed by atoms with Crippen LogP contribution in [0.3, 0.4) is 0 Å². The SMILES string of the molecule is COc1cc(-n2c(C)ccc2C)c2ncccc2c1OC. The van der Waals surface area contributed by atoms with Crippen molar-refractivity contribution in [3.05, 3.63) is 47.9 Å². The summed E-state index contributed by atoms with van der Waals surface area (Å²) in [5.41, 5.74) is 4.22. The third-order valence-electron chi connectivity index (χ3n) is 3.72. The first-order valence-electron chi connectivity index (χ1n) is 6.82. The Balaban J connectivity index is 2.44. The predicted octanol–water partition coefficient (Wildman–Crippen LogP) is 3.66. The Morgan fingerprint density at radius 3 is 2.33 bits per heavy atom. The Morgan fingerprint density at radius 2 is 1.71 bits per heavy atom. The van der Waals surface area contributed by atoms with Gasteiger partial charge in [-0.05, 0) is 38.1 Å². The van der Waals surface area contributed by atoms with Crippen molar-refractivity contribution in [2.45, 2.75) is 13.8 Å². The summed E-state index contributed by atoms with van der Waals surface area (Å²) in [6.07, 6.45) is 1.80. The number of ether oxygens (including phenoxy) is 2. The number of fused-ring (bicyclic) bond motifs is 1. The van der Waals surface area contributed by atoms with Gasteiger partial charge in [0.05, 0.1) is 25.4 Å². The normalized spacial score (nSPS) is 10.9. The molecule has 21 heavy (non-hydrogen) atoms. The van der Waals surface area contributed by atoms with Crippen LogP contribution in [0.25, 0.3) is 16.6 Å². The van der Waals surface area contributed by atoms with Gasteiger partial charge >= 0.3 is 0 Å². The predicted molar refractivity (Wildman–Crippen MR) is 83.6 cm³/mol. The van der Waals surface area contributed by atoms with Crippen molar-refractivity contribution in [3.8, 4) is 17.2 Å². The van der Waals surface area contributed by atoms with Crippen LogP contribution in [0, 0.1) is 13.8 Å². The zero-order valence-electron chi connectivity index (χ0n) is 12.7. The molecule has 2 heterocycles. The van der Waals surface area contributed by atoms with Crippen LogP contribution in [0.15, 0.2) is 36.5 Å². The molecule has 0 aliphatic heterocycles. The van der Waals surface area contributed by atoms with Crippen molar-refractivity contribution >= 4 is 10.9 Å². The summed E-state index contributed by atoms with van der Waals surface area (Å²) in [5, 5.41) is 0.946. The molecule has 0 unspecified atom stereocenters. The highest BCUT2D eigenvalue weighted by atomic mass is 16.5. The van der Waals surface area contributed by atoms with Gasteiger partial charge in [0.1, 0.15) is 0 Å². The van der Waals surface area contributed by atoms with Gasteiger partial charge in [-0.3, -0.25) is 4.98 Å². The van der Waals surface area contributed by atoms with Gasteiger partial charge in [0.15, 0.2) is 11.5 Å². The van der Waals surface area contributed by atoms with Crippen LogP contribution in [0.1, 0.15) is 11.4 Å². The third-order valence-corrected chi connectivity index (χ3v) is 3.72. The maximum atomic E-state index is 5.51. The van der Waals surface area contributed by atoms with Crippen molar-refractivity contribution in [2.75, 3.05) is 14.2 Å². The first kappa shape index (κ1) is 13.5. The minimum Gasteiger partial charge on any atom is -0.493 e. The molecule has 0 fully saturated rings.